The van der Waals surface area contributed by atoms with Gasteiger partial charge in [0.2, 0.25) is 5.91 Å². The normalized spacial score (nSPS) is 11.5. The molecule has 0 atom stereocenters. The Morgan fingerprint density at radius 2 is 1.69 bits per heavy atom. The van der Waals surface area contributed by atoms with Gasteiger partial charge in [0.1, 0.15) is 17.1 Å². The maximum absolute atomic E-state index is 12.9. The molecule has 2 aromatic carbocycles. The number of benzene rings is 2. The van der Waals surface area contributed by atoms with Gasteiger partial charge in [0.05, 0.1) is 12.0 Å². The number of para-hydroxylation sites is 3. The average molecular weight is 397 g/mol. The molecule has 2 rings (SSSR count). The lowest BCUT2D eigenvalue weighted by atomic mass is 9.95. The van der Waals surface area contributed by atoms with Crippen molar-refractivity contribution in [1.29, 1.82) is 0 Å². The fourth-order valence-corrected chi connectivity index (χ4v) is 2.34. The van der Waals surface area contributed by atoms with E-state index in [1.807, 2.05) is 0 Å². The Bertz CT molecular complexity index is 961. The standard InChI is InChI=1S/C21H23N3O5/c1-21(2,3)20(26)23-16(13-14-9-5-8-12-18(14)29-4)19(25)22-15-10-6-7-11-17(15)24(27)28/h5-13H,1-4H3,(H,22,25)(H,23,26)/b16-13+. The van der Waals surface area contributed by atoms with Crippen LogP contribution in [0.25, 0.3) is 6.08 Å². The summed E-state index contributed by atoms with van der Waals surface area (Å²) in [6.07, 6.45) is 1.46. The Morgan fingerprint density at radius 1 is 1.07 bits per heavy atom. The molecule has 0 aliphatic rings. The quantitative estimate of drug-likeness (QED) is 0.438. The van der Waals surface area contributed by atoms with Crippen LogP contribution in [-0.4, -0.2) is 23.8 Å². The molecule has 0 saturated carbocycles. The van der Waals surface area contributed by atoms with E-state index in [0.29, 0.717) is 11.3 Å². The highest BCUT2D eigenvalue weighted by molar-refractivity contribution is 6.10. The number of ether oxygens (including phenoxy) is 1. The molecule has 0 heterocycles. The number of nitro groups is 1. The zero-order valence-electron chi connectivity index (χ0n) is 16.7. The summed E-state index contributed by atoms with van der Waals surface area (Å²) < 4.78 is 5.29. The van der Waals surface area contributed by atoms with Crippen LogP contribution in [0.4, 0.5) is 11.4 Å². The first-order chi connectivity index (χ1) is 13.6. The van der Waals surface area contributed by atoms with E-state index < -0.39 is 16.2 Å². The molecular formula is C21H23N3O5. The van der Waals surface area contributed by atoms with E-state index in [2.05, 4.69) is 10.6 Å². The lowest BCUT2D eigenvalue weighted by molar-refractivity contribution is -0.383. The first kappa shape index (κ1) is 21.6. The summed E-state index contributed by atoms with van der Waals surface area (Å²) in [5.74, 6) is -0.562. The average Bonchev–Trinajstić information content (AvgIpc) is 2.67. The number of rotatable bonds is 6. The highest BCUT2D eigenvalue weighted by Crippen LogP contribution is 2.25. The Kier molecular flexibility index (Phi) is 6.71. The highest BCUT2D eigenvalue weighted by atomic mass is 16.6. The van der Waals surface area contributed by atoms with E-state index in [9.17, 15) is 19.7 Å². The zero-order chi connectivity index (χ0) is 21.6. The second kappa shape index (κ2) is 9.01. The number of anilines is 1. The van der Waals surface area contributed by atoms with E-state index in [1.54, 1.807) is 51.1 Å². The van der Waals surface area contributed by atoms with Crippen molar-refractivity contribution >= 4 is 29.3 Å². The molecule has 29 heavy (non-hydrogen) atoms. The maximum atomic E-state index is 12.9. The van der Waals surface area contributed by atoms with Gasteiger partial charge in [-0.2, -0.15) is 0 Å². The number of amides is 2. The topological polar surface area (TPSA) is 111 Å². The van der Waals surface area contributed by atoms with Crippen LogP contribution in [0.5, 0.6) is 5.75 Å². The van der Waals surface area contributed by atoms with Gasteiger partial charge < -0.3 is 15.4 Å². The number of nitrogens with zero attached hydrogens (tertiary/aromatic N) is 1. The molecule has 0 bridgehead atoms. The van der Waals surface area contributed by atoms with E-state index >= 15 is 0 Å². The van der Waals surface area contributed by atoms with Gasteiger partial charge in [-0.15, -0.1) is 0 Å². The van der Waals surface area contributed by atoms with Crippen LogP contribution in [0.3, 0.4) is 0 Å². The molecule has 8 heteroatoms. The molecule has 0 aromatic heterocycles. The Hall–Kier alpha value is -3.68. The summed E-state index contributed by atoms with van der Waals surface area (Å²) in [6, 6.07) is 12.7. The van der Waals surface area contributed by atoms with Gasteiger partial charge in [-0.3, -0.25) is 19.7 Å². The number of nitrogens with one attached hydrogen (secondary N) is 2. The summed E-state index contributed by atoms with van der Waals surface area (Å²) in [5.41, 5.74) is -0.471. The van der Waals surface area contributed by atoms with E-state index in [1.165, 1.54) is 31.4 Å². The van der Waals surface area contributed by atoms with Gasteiger partial charge in [-0.1, -0.05) is 51.1 Å². The van der Waals surface area contributed by atoms with Gasteiger partial charge in [0.25, 0.3) is 11.6 Å². The van der Waals surface area contributed by atoms with Crippen molar-refractivity contribution in [1.82, 2.24) is 5.32 Å². The van der Waals surface area contributed by atoms with Crippen LogP contribution in [0.15, 0.2) is 54.2 Å². The lowest BCUT2D eigenvalue weighted by Crippen LogP contribution is -2.38. The van der Waals surface area contributed by atoms with Crippen LogP contribution >= 0.6 is 0 Å². The summed E-state index contributed by atoms with van der Waals surface area (Å²) in [4.78, 5) is 36.0. The predicted molar refractivity (Wildman–Crippen MR) is 110 cm³/mol. The third-order valence-corrected chi connectivity index (χ3v) is 3.96. The van der Waals surface area contributed by atoms with Crippen molar-refractivity contribution in [2.75, 3.05) is 12.4 Å². The Balaban J connectivity index is 2.44. The van der Waals surface area contributed by atoms with Crippen LogP contribution in [-0.2, 0) is 9.59 Å². The summed E-state index contributed by atoms with van der Waals surface area (Å²) >= 11 is 0. The van der Waals surface area contributed by atoms with Crippen molar-refractivity contribution in [2.45, 2.75) is 20.8 Å². The van der Waals surface area contributed by atoms with E-state index in [0.717, 1.165) is 0 Å². The molecule has 2 amide bonds. The van der Waals surface area contributed by atoms with Crippen molar-refractivity contribution in [3.63, 3.8) is 0 Å². The molecule has 0 fully saturated rings. The third-order valence-electron chi connectivity index (χ3n) is 3.96. The lowest BCUT2D eigenvalue weighted by Gasteiger charge is -2.19. The largest absolute Gasteiger partial charge is 0.496 e. The molecule has 0 radical (unpaired) electrons. The summed E-state index contributed by atoms with van der Waals surface area (Å²) in [7, 11) is 1.49. The molecule has 152 valence electrons. The fraction of sp³-hybridized carbons (Fsp3) is 0.238. The number of carbonyl (C=O) groups is 2. The molecule has 2 N–H and O–H groups in total. The third kappa shape index (κ3) is 5.65. The first-order valence-corrected chi connectivity index (χ1v) is 8.84. The molecular weight excluding hydrogens is 374 g/mol. The van der Waals surface area contributed by atoms with Gasteiger partial charge in [-0.05, 0) is 18.2 Å². The fourth-order valence-electron chi connectivity index (χ4n) is 2.34. The number of methoxy groups -OCH3 is 1. The van der Waals surface area contributed by atoms with Gasteiger partial charge in [0.15, 0.2) is 0 Å². The summed E-state index contributed by atoms with van der Waals surface area (Å²) in [5, 5.41) is 16.3. The van der Waals surface area contributed by atoms with Crippen molar-refractivity contribution in [3.8, 4) is 5.75 Å². The molecule has 0 unspecified atom stereocenters. The summed E-state index contributed by atoms with van der Waals surface area (Å²) in [6.45, 7) is 5.13. The van der Waals surface area contributed by atoms with Crippen molar-refractivity contribution in [3.05, 3.63) is 69.9 Å². The van der Waals surface area contributed by atoms with Gasteiger partial charge >= 0.3 is 0 Å². The number of carbonyl (C=O) groups excluding carboxylic acids is 2. The second-order valence-corrected chi connectivity index (χ2v) is 7.23. The van der Waals surface area contributed by atoms with Gasteiger partial charge in [-0.25, -0.2) is 0 Å². The van der Waals surface area contributed by atoms with E-state index in [-0.39, 0.29) is 23.0 Å². The SMILES string of the molecule is COc1ccccc1/C=C(/NC(=O)C(C)(C)C)C(=O)Nc1ccccc1[N+](=O)[O-]. The van der Waals surface area contributed by atoms with E-state index in [4.69, 9.17) is 4.74 Å². The monoisotopic (exact) mass is 397 g/mol. The highest BCUT2D eigenvalue weighted by Gasteiger charge is 2.25. The zero-order valence-corrected chi connectivity index (χ0v) is 16.7. The Labute approximate surface area is 168 Å². The van der Waals surface area contributed by atoms with Crippen LogP contribution < -0.4 is 15.4 Å². The number of hydrogen-bond acceptors (Lipinski definition) is 5. The minimum Gasteiger partial charge on any atom is -0.496 e. The van der Waals surface area contributed by atoms with Crippen molar-refractivity contribution in [2.24, 2.45) is 5.41 Å². The number of hydrogen-bond donors (Lipinski definition) is 2. The molecule has 2 aromatic rings. The second-order valence-electron chi connectivity index (χ2n) is 7.23. The Morgan fingerprint density at radius 3 is 2.31 bits per heavy atom. The minimum atomic E-state index is -0.751. The van der Waals surface area contributed by atoms with Crippen LogP contribution in [0, 0.1) is 15.5 Å². The predicted octanol–water partition coefficient (Wildman–Crippen LogP) is 3.75. The molecule has 0 aliphatic heterocycles. The molecule has 0 saturated heterocycles. The van der Waals surface area contributed by atoms with Crippen LogP contribution in [0.2, 0.25) is 0 Å². The molecule has 0 aliphatic carbocycles. The van der Waals surface area contributed by atoms with Gasteiger partial charge in [0, 0.05) is 17.0 Å². The molecule has 8 nitrogen and oxygen atoms in total. The maximum Gasteiger partial charge on any atom is 0.292 e. The molecule has 0 spiro atoms. The minimum absolute atomic E-state index is 0.0263. The first-order valence-electron chi connectivity index (χ1n) is 8.84. The van der Waals surface area contributed by atoms with Crippen molar-refractivity contribution < 1.29 is 19.2 Å². The number of nitro benzene ring substituents is 1. The smallest absolute Gasteiger partial charge is 0.292 e. The van der Waals surface area contributed by atoms with Crippen LogP contribution in [0.1, 0.15) is 26.3 Å².